The predicted octanol–water partition coefficient (Wildman–Crippen LogP) is 10.7. The molecule has 1 aliphatic carbocycles. The molecule has 5 nitrogen and oxygen atoms in total. The number of nitrogens with zero attached hydrogens (tertiary/aromatic N) is 5. The largest absolute Gasteiger partial charge is 0.333 e. The molecule has 2 aliphatic rings. The van der Waals surface area contributed by atoms with E-state index in [1.807, 2.05) is 48.9 Å². The summed E-state index contributed by atoms with van der Waals surface area (Å²) in [5, 5.41) is 2.27. The van der Waals surface area contributed by atoms with Gasteiger partial charge in [-0.2, -0.15) is 0 Å². The number of para-hydroxylation sites is 2. The minimum atomic E-state index is 0.230. The van der Waals surface area contributed by atoms with Crippen molar-refractivity contribution in [2.45, 2.75) is 12.0 Å². The Bertz CT molecular complexity index is 2550. The lowest BCUT2D eigenvalue weighted by Crippen LogP contribution is -2.28. The molecule has 5 heteroatoms. The molecule has 5 heterocycles. The van der Waals surface area contributed by atoms with Crippen LogP contribution in [0.25, 0.3) is 61.3 Å². The first-order chi connectivity index (χ1) is 24.8. The molecule has 236 valence electrons. The molecule has 0 saturated heterocycles. The second-order valence-corrected chi connectivity index (χ2v) is 12.9. The molecule has 0 radical (unpaired) electrons. The number of pyridine rings is 3. The summed E-state index contributed by atoms with van der Waals surface area (Å²) < 4.78 is 2.28. The standard InChI is InChI=1S/C45H31N5/c1-2-12-33(13-3-1)49-42-20-5-4-14-36(42)37-16-10-15-35(44(37)49)30-21-22-43-39(29-30)38-17-11-25-48-45(38)50(43)34-27-31(40-18-6-8-23-46-40)26-32(28-34)41-19-7-9-24-47-41/h1-29,36,42H. The van der Waals surface area contributed by atoms with Crippen molar-refractivity contribution < 1.29 is 0 Å². The van der Waals surface area contributed by atoms with Crippen molar-refractivity contribution >= 4 is 33.3 Å². The number of benzene rings is 4. The van der Waals surface area contributed by atoms with E-state index >= 15 is 0 Å². The molecule has 2 unspecified atom stereocenters. The normalized spacial score (nSPS) is 16.2. The molecule has 0 fully saturated rings. The van der Waals surface area contributed by atoms with Crippen LogP contribution in [-0.2, 0) is 0 Å². The maximum Gasteiger partial charge on any atom is 0.145 e. The van der Waals surface area contributed by atoms with Crippen molar-refractivity contribution in [2.24, 2.45) is 0 Å². The van der Waals surface area contributed by atoms with Gasteiger partial charge in [-0.3, -0.25) is 14.5 Å². The Hall–Kier alpha value is -6.59. The zero-order valence-electron chi connectivity index (χ0n) is 27.1. The fourth-order valence-corrected chi connectivity index (χ4v) is 7.88. The molecule has 4 aromatic carbocycles. The van der Waals surface area contributed by atoms with E-state index in [0.29, 0.717) is 5.92 Å². The van der Waals surface area contributed by atoms with E-state index in [1.54, 1.807) is 0 Å². The monoisotopic (exact) mass is 641 g/mol. The topological polar surface area (TPSA) is 46.8 Å². The molecule has 0 amide bonds. The first-order valence-electron chi connectivity index (χ1n) is 17.0. The van der Waals surface area contributed by atoms with E-state index in [1.165, 1.54) is 28.1 Å². The molecule has 0 spiro atoms. The summed E-state index contributed by atoms with van der Waals surface area (Å²) in [5.41, 5.74) is 13.1. The quantitative estimate of drug-likeness (QED) is 0.188. The highest BCUT2D eigenvalue weighted by Gasteiger charge is 2.39. The third kappa shape index (κ3) is 4.51. The average Bonchev–Trinajstić information content (AvgIpc) is 3.71. The molecule has 50 heavy (non-hydrogen) atoms. The Kier molecular flexibility index (Phi) is 6.56. The highest BCUT2D eigenvalue weighted by atomic mass is 15.2. The molecule has 1 aliphatic heterocycles. The van der Waals surface area contributed by atoms with Crippen molar-refractivity contribution in [3.8, 4) is 39.3 Å². The maximum absolute atomic E-state index is 4.97. The summed E-state index contributed by atoms with van der Waals surface area (Å²) in [7, 11) is 0. The second kappa shape index (κ2) is 11.5. The summed E-state index contributed by atoms with van der Waals surface area (Å²) in [6, 6.07) is 47.5. The first-order valence-corrected chi connectivity index (χ1v) is 17.0. The van der Waals surface area contributed by atoms with Crippen LogP contribution in [0.3, 0.4) is 0 Å². The third-order valence-corrected chi connectivity index (χ3v) is 10.0. The van der Waals surface area contributed by atoms with Crippen molar-refractivity contribution in [2.75, 3.05) is 4.90 Å². The Labute approximate surface area is 290 Å². The second-order valence-electron chi connectivity index (χ2n) is 12.9. The van der Waals surface area contributed by atoms with Crippen molar-refractivity contribution in [3.63, 3.8) is 0 Å². The molecule has 0 N–H and O–H groups in total. The highest BCUT2D eigenvalue weighted by Crippen LogP contribution is 2.52. The van der Waals surface area contributed by atoms with Crippen LogP contribution in [0.2, 0.25) is 0 Å². The minimum Gasteiger partial charge on any atom is -0.333 e. The number of fused-ring (bicyclic) bond motifs is 6. The molecule has 0 saturated carbocycles. The third-order valence-electron chi connectivity index (χ3n) is 10.0. The molecule has 8 aromatic rings. The summed E-state index contributed by atoms with van der Waals surface area (Å²) in [4.78, 5) is 16.9. The lowest BCUT2D eigenvalue weighted by atomic mass is 9.90. The Morgan fingerprint density at radius 1 is 0.500 bits per heavy atom. The van der Waals surface area contributed by atoms with Crippen LogP contribution in [0, 0.1) is 0 Å². The molecule has 4 aromatic heterocycles. The van der Waals surface area contributed by atoms with Crippen LogP contribution in [0.5, 0.6) is 0 Å². The van der Waals surface area contributed by atoms with Gasteiger partial charge in [0, 0.05) is 63.3 Å². The average molecular weight is 642 g/mol. The van der Waals surface area contributed by atoms with Gasteiger partial charge in [0.25, 0.3) is 0 Å². The Morgan fingerprint density at radius 3 is 2.00 bits per heavy atom. The van der Waals surface area contributed by atoms with E-state index in [2.05, 4.69) is 137 Å². The van der Waals surface area contributed by atoms with Gasteiger partial charge in [0.2, 0.25) is 0 Å². The van der Waals surface area contributed by atoms with Gasteiger partial charge in [0.1, 0.15) is 5.65 Å². The highest BCUT2D eigenvalue weighted by molar-refractivity contribution is 6.10. The molecule has 10 rings (SSSR count). The first kappa shape index (κ1) is 28.4. The number of rotatable bonds is 5. The predicted molar refractivity (Wildman–Crippen MR) is 204 cm³/mol. The number of allylic oxidation sites excluding steroid dienone is 2. The van der Waals surface area contributed by atoms with Gasteiger partial charge < -0.3 is 4.90 Å². The zero-order chi connectivity index (χ0) is 33.0. The van der Waals surface area contributed by atoms with Crippen LogP contribution in [0.15, 0.2) is 176 Å². The molecule has 2 atom stereocenters. The van der Waals surface area contributed by atoms with E-state index < -0.39 is 0 Å². The Balaban J connectivity index is 1.19. The lowest BCUT2D eigenvalue weighted by molar-refractivity contribution is 0.745. The van der Waals surface area contributed by atoms with Crippen LogP contribution in [0.4, 0.5) is 11.4 Å². The van der Waals surface area contributed by atoms with Gasteiger partial charge in [-0.1, -0.05) is 78.9 Å². The summed E-state index contributed by atoms with van der Waals surface area (Å²) in [6.07, 6.45) is 14.6. The van der Waals surface area contributed by atoms with Gasteiger partial charge in [-0.05, 0) is 90.0 Å². The van der Waals surface area contributed by atoms with Gasteiger partial charge in [0.15, 0.2) is 0 Å². The lowest BCUT2D eigenvalue weighted by Gasteiger charge is -2.29. The fraction of sp³-hybridized carbons (Fsp3) is 0.0444. The molecular formula is C45H31N5. The van der Waals surface area contributed by atoms with Crippen LogP contribution >= 0.6 is 0 Å². The minimum absolute atomic E-state index is 0.230. The zero-order valence-corrected chi connectivity index (χ0v) is 27.1. The fourth-order valence-electron chi connectivity index (χ4n) is 7.88. The van der Waals surface area contributed by atoms with E-state index in [-0.39, 0.29) is 6.04 Å². The van der Waals surface area contributed by atoms with E-state index in [9.17, 15) is 0 Å². The molecular weight excluding hydrogens is 611 g/mol. The summed E-state index contributed by atoms with van der Waals surface area (Å²) in [5.74, 6) is 0.296. The van der Waals surface area contributed by atoms with Gasteiger partial charge >= 0.3 is 0 Å². The number of anilines is 2. The maximum atomic E-state index is 4.97. The smallest absolute Gasteiger partial charge is 0.145 e. The van der Waals surface area contributed by atoms with Crippen molar-refractivity contribution in [3.05, 3.63) is 182 Å². The van der Waals surface area contributed by atoms with Crippen LogP contribution in [-0.4, -0.2) is 25.6 Å². The van der Waals surface area contributed by atoms with Crippen molar-refractivity contribution in [1.29, 1.82) is 0 Å². The van der Waals surface area contributed by atoms with Gasteiger partial charge in [0.05, 0.1) is 28.6 Å². The number of hydrogen-bond donors (Lipinski definition) is 0. The van der Waals surface area contributed by atoms with Crippen molar-refractivity contribution in [1.82, 2.24) is 19.5 Å². The van der Waals surface area contributed by atoms with Crippen LogP contribution in [0.1, 0.15) is 11.5 Å². The van der Waals surface area contributed by atoms with Crippen LogP contribution < -0.4 is 4.90 Å². The van der Waals surface area contributed by atoms with Gasteiger partial charge in [-0.15, -0.1) is 0 Å². The Morgan fingerprint density at radius 2 is 1.24 bits per heavy atom. The number of hydrogen-bond acceptors (Lipinski definition) is 4. The molecule has 0 bridgehead atoms. The van der Waals surface area contributed by atoms with E-state index in [4.69, 9.17) is 15.0 Å². The summed E-state index contributed by atoms with van der Waals surface area (Å²) in [6.45, 7) is 0. The van der Waals surface area contributed by atoms with E-state index in [0.717, 1.165) is 50.1 Å². The van der Waals surface area contributed by atoms with Gasteiger partial charge in [-0.25, -0.2) is 4.98 Å². The number of aromatic nitrogens is 4. The summed E-state index contributed by atoms with van der Waals surface area (Å²) >= 11 is 0. The SMILES string of the molecule is C1=CC2c3cccc(-c4ccc5c(c4)c4cccnc4n5-c4cc(-c5ccccn5)cc(-c5ccccn5)c4)c3N(c3ccccc3)C2C=C1.